The summed E-state index contributed by atoms with van der Waals surface area (Å²) in [5.41, 5.74) is 1.94. The molecule has 1 aromatic heterocycles. The van der Waals surface area contributed by atoms with Crippen molar-refractivity contribution in [1.82, 2.24) is 14.5 Å². The van der Waals surface area contributed by atoms with Crippen molar-refractivity contribution in [1.29, 1.82) is 0 Å². The van der Waals surface area contributed by atoms with Crippen LogP contribution in [0.2, 0.25) is 0 Å². The van der Waals surface area contributed by atoms with Crippen LogP contribution < -0.4 is 4.90 Å². The van der Waals surface area contributed by atoms with E-state index in [1.165, 1.54) is 5.56 Å². The highest BCUT2D eigenvalue weighted by Crippen LogP contribution is 2.15. The fourth-order valence-electron chi connectivity index (χ4n) is 2.65. The van der Waals surface area contributed by atoms with Gasteiger partial charge in [0.2, 0.25) is 5.95 Å². The van der Waals surface area contributed by atoms with Gasteiger partial charge in [-0.1, -0.05) is 17.7 Å². The second-order valence-electron chi connectivity index (χ2n) is 5.48. The van der Waals surface area contributed by atoms with Crippen LogP contribution in [0.15, 0.2) is 36.7 Å². The lowest BCUT2D eigenvalue weighted by molar-refractivity contribution is 0.0746. The van der Waals surface area contributed by atoms with Crippen molar-refractivity contribution in [2.24, 2.45) is 7.05 Å². The van der Waals surface area contributed by atoms with E-state index >= 15 is 0 Å². The van der Waals surface area contributed by atoms with Gasteiger partial charge in [0.25, 0.3) is 5.91 Å². The second-order valence-corrected chi connectivity index (χ2v) is 5.48. The van der Waals surface area contributed by atoms with E-state index in [9.17, 15) is 4.79 Å². The SMILES string of the molecule is Cc1ccc(C(=O)N2CCN(c3nccn3C)CC2)cc1.Cl. The molecule has 0 bridgehead atoms. The number of hydrogen-bond donors (Lipinski definition) is 0. The Hall–Kier alpha value is -2.01. The van der Waals surface area contributed by atoms with Crippen LogP contribution in [0.4, 0.5) is 5.95 Å². The Labute approximate surface area is 137 Å². The molecule has 1 fully saturated rings. The molecule has 0 unspecified atom stereocenters. The Kier molecular flexibility index (Phi) is 5.08. The minimum absolute atomic E-state index is 0. The lowest BCUT2D eigenvalue weighted by atomic mass is 10.1. The first kappa shape index (κ1) is 16.4. The number of halogens is 1. The maximum absolute atomic E-state index is 12.5. The van der Waals surface area contributed by atoms with Gasteiger partial charge in [0.15, 0.2) is 0 Å². The van der Waals surface area contributed by atoms with Crippen LogP contribution in [-0.4, -0.2) is 46.5 Å². The lowest BCUT2D eigenvalue weighted by Gasteiger charge is -2.35. The first-order valence-electron chi connectivity index (χ1n) is 7.23. The number of rotatable bonds is 2. The number of benzene rings is 1. The summed E-state index contributed by atoms with van der Waals surface area (Å²) in [6, 6.07) is 7.78. The van der Waals surface area contributed by atoms with Gasteiger partial charge in [-0.25, -0.2) is 4.98 Å². The lowest BCUT2D eigenvalue weighted by Crippen LogP contribution is -2.49. The minimum atomic E-state index is 0. The summed E-state index contributed by atoms with van der Waals surface area (Å²) in [7, 11) is 1.99. The van der Waals surface area contributed by atoms with E-state index in [0.717, 1.165) is 37.7 Å². The van der Waals surface area contributed by atoms with Crippen molar-refractivity contribution >= 4 is 24.3 Å². The van der Waals surface area contributed by atoms with Crippen LogP contribution in [0.5, 0.6) is 0 Å². The second kappa shape index (κ2) is 6.83. The standard InChI is InChI=1S/C16H20N4O.ClH/c1-13-3-5-14(6-4-13)15(21)19-9-11-20(12-10-19)16-17-7-8-18(16)2;/h3-8H,9-12H2,1-2H3;1H. The molecule has 0 spiro atoms. The van der Waals surface area contributed by atoms with E-state index in [1.54, 1.807) is 6.20 Å². The molecule has 6 heteroatoms. The molecule has 1 aromatic carbocycles. The van der Waals surface area contributed by atoms with Crippen LogP contribution >= 0.6 is 12.4 Å². The molecule has 0 N–H and O–H groups in total. The molecule has 1 amide bonds. The van der Waals surface area contributed by atoms with Gasteiger partial charge in [-0.15, -0.1) is 12.4 Å². The van der Waals surface area contributed by atoms with Crippen molar-refractivity contribution in [3.05, 3.63) is 47.8 Å². The van der Waals surface area contributed by atoms with E-state index in [2.05, 4.69) is 9.88 Å². The summed E-state index contributed by atoms with van der Waals surface area (Å²) >= 11 is 0. The average Bonchev–Trinajstić information content (AvgIpc) is 2.94. The molecule has 1 saturated heterocycles. The van der Waals surface area contributed by atoms with Gasteiger partial charge in [0.1, 0.15) is 0 Å². The van der Waals surface area contributed by atoms with Gasteiger partial charge in [0.05, 0.1) is 0 Å². The van der Waals surface area contributed by atoms with Gasteiger partial charge in [-0.2, -0.15) is 0 Å². The van der Waals surface area contributed by atoms with Gasteiger partial charge in [-0.05, 0) is 19.1 Å². The Morgan fingerprint density at radius 1 is 1.09 bits per heavy atom. The molecule has 0 saturated carbocycles. The van der Waals surface area contributed by atoms with E-state index in [1.807, 2.05) is 53.9 Å². The first-order chi connectivity index (χ1) is 10.1. The van der Waals surface area contributed by atoms with Crippen LogP contribution in [0.25, 0.3) is 0 Å². The third kappa shape index (κ3) is 3.25. The highest BCUT2D eigenvalue weighted by molar-refractivity contribution is 5.94. The molecule has 22 heavy (non-hydrogen) atoms. The van der Waals surface area contributed by atoms with Crippen molar-refractivity contribution in [2.75, 3.05) is 31.1 Å². The quantitative estimate of drug-likeness (QED) is 0.851. The van der Waals surface area contributed by atoms with Crippen molar-refractivity contribution in [3.8, 4) is 0 Å². The number of carbonyl (C=O) groups is 1. The minimum Gasteiger partial charge on any atom is -0.339 e. The number of imidazole rings is 1. The molecule has 118 valence electrons. The van der Waals surface area contributed by atoms with Gasteiger partial charge in [0, 0.05) is 51.2 Å². The van der Waals surface area contributed by atoms with Crippen molar-refractivity contribution < 1.29 is 4.79 Å². The fraction of sp³-hybridized carbons (Fsp3) is 0.375. The van der Waals surface area contributed by atoms with Crippen molar-refractivity contribution in [2.45, 2.75) is 6.92 Å². The summed E-state index contributed by atoms with van der Waals surface area (Å²) in [4.78, 5) is 21.0. The topological polar surface area (TPSA) is 41.4 Å². The monoisotopic (exact) mass is 320 g/mol. The number of aromatic nitrogens is 2. The third-order valence-electron chi connectivity index (χ3n) is 3.94. The molecular weight excluding hydrogens is 300 g/mol. The largest absolute Gasteiger partial charge is 0.339 e. The Morgan fingerprint density at radius 2 is 1.73 bits per heavy atom. The molecule has 1 aliphatic rings. The van der Waals surface area contributed by atoms with Crippen LogP contribution in [0.1, 0.15) is 15.9 Å². The number of hydrogen-bond acceptors (Lipinski definition) is 3. The van der Waals surface area contributed by atoms with Crippen LogP contribution in [0, 0.1) is 6.92 Å². The summed E-state index contributed by atoms with van der Waals surface area (Å²) in [6.45, 7) is 5.14. The first-order valence-corrected chi connectivity index (χ1v) is 7.23. The summed E-state index contributed by atoms with van der Waals surface area (Å²) < 4.78 is 2.01. The third-order valence-corrected chi connectivity index (χ3v) is 3.94. The molecule has 0 atom stereocenters. The number of anilines is 1. The molecule has 0 radical (unpaired) electrons. The number of amides is 1. The molecular formula is C16H21ClN4O. The highest BCUT2D eigenvalue weighted by Gasteiger charge is 2.23. The summed E-state index contributed by atoms with van der Waals surface area (Å²) in [5.74, 6) is 1.09. The highest BCUT2D eigenvalue weighted by atomic mass is 35.5. The maximum atomic E-state index is 12.5. The number of carbonyl (C=O) groups excluding carboxylic acids is 1. The Balaban J connectivity index is 0.00000176. The number of aryl methyl sites for hydroxylation is 2. The van der Waals surface area contributed by atoms with Crippen LogP contribution in [0.3, 0.4) is 0 Å². The zero-order chi connectivity index (χ0) is 14.8. The predicted molar refractivity (Wildman–Crippen MR) is 89.8 cm³/mol. The smallest absolute Gasteiger partial charge is 0.253 e. The van der Waals surface area contributed by atoms with E-state index in [-0.39, 0.29) is 18.3 Å². The zero-order valence-corrected chi connectivity index (χ0v) is 13.7. The average molecular weight is 321 g/mol. The molecule has 5 nitrogen and oxygen atoms in total. The zero-order valence-electron chi connectivity index (χ0n) is 12.9. The summed E-state index contributed by atoms with van der Waals surface area (Å²) in [5, 5.41) is 0. The maximum Gasteiger partial charge on any atom is 0.253 e. The van der Waals surface area contributed by atoms with Gasteiger partial charge in [-0.3, -0.25) is 4.79 Å². The van der Waals surface area contributed by atoms with E-state index in [0.29, 0.717) is 0 Å². The predicted octanol–water partition coefficient (Wildman–Crippen LogP) is 2.11. The number of nitrogens with zero attached hydrogens (tertiary/aromatic N) is 4. The molecule has 2 aromatic rings. The van der Waals surface area contributed by atoms with Crippen LogP contribution in [-0.2, 0) is 7.05 Å². The Bertz CT molecular complexity index is 630. The molecule has 0 aliphatic carbocycles. The van der Waals surface area contributed by atoms with Crippen molar-refractivity contribution in [3.63, 3.8) is 0 Å². The Morgan fingerprint density at radius 3 is 2.27 bits per heavy atom. The van der Waals surface area contributed by atoms with Gasteiger partial charge >= 0.3 is 0 Å². The molecule has 3 rings (SSSR count). The normalized spacial score (nSPS) is 14.6. The number of piperazine rings is 1. The molecule has 1 aliphatic heterocycles. The van der Waals surface area contributed by atoms with Gasteiger partial charge < -0.3 is 14.4 Å². The summed E-state index contributed by atoms with van der Waals surface area (Å²) in [6.07, 6.45) is 3.75. The fourth-order valence-corrected chi connectivity index (χ4v) is 2.65. The molecule has 2 heterocycles. The van der Waals surface area contributed by atoms with E-state index in [4.69, 9.17) is 0 Å². The van der Waals surface area contributed by atoms with E-state index < -0.39 is 0 Å².